The van der Waals surface area contributed by atoms with Gasteiger partial charge >= 0.3 is 6.18 Å². The molecule has 1 aromatic carbocycles. The van der Waals surface area contributed by atoms with E-state index in [2.05, 4.69) is 5.84 Å². The summed E-state index contributed by atoms with van der Waals surface area (Å²) in [6, 6.07) is 4.03. The van der Waals surface area contributed by atoms with E-state index in [1.807, 2.05) is 0 Å². The van der Waals surface area contributed by atoms with Crippen molar-refractivity contribution >= 4 is 12.7 Å². The Labute approximate surface area is 89.2 Å². The molecule has 0 spiro atoms. The molecule has 3 N–H and O–H groups in total. The van der Waals surface area contributed by atoms with Crippen molar-refractivity contribution in [3.8, 4) is 0 Å². The SMILES string of the molecule is NNC=O.O=Cc1ccc(C(F)(F)F)cc1. The van der Waals surface area contributed by atoms with E-state index in [1.165, 1.54) is 0 Å². The highest BCUT2D eigenvalue weighted by atomic mass is 19.4. The van der Waals surface area contributed by atoms with Crippen LogP contribution in [0.4, 0.5) is 13.2 Å². The van der Waals surface area contributed by atoms with E-state index in [0.29, 0.717) is 12.7 Å². The number of halogens is 3. The molecule has 0 radical (unpaired) electrons. The van der Waals surface area contributed by atoms with E-state index in [1.54, 1.807) is 5.43 Å². The minimum Gasteiger partial charge on any atom is -0.298 e. The second-order valence-corrected chi connectivity index (χ2v) is 2.52. The molecule has 0 unspecified atom stereocenters. The third kappa shape index (κ3) is 5.11. The molecule has 0 saturated heterocycles. The lowest BCUT2D eigenvalue weighted by molar-refractivity contribution is -0.137. The van der Waals surface area contributed by atoms with Crippen LogP contribution in [0, 0.1) is 0 Å². The van der Waals surface area contributed by atoms with E-state index in [4.69, 9.17) is 4.79 Å². The number of nitrogens with two attached hydrogens (primary N) is 1. The highest BCUT2D eigenvalue weighted by Gasteiger charge is 2.29. The zero-order chi connectivity index (χ0) is 12.6. The van der Waals surface area contributed by atoms with Gasteiger partial charge in [0, 0.05) is 5.56 Å². The van der Waals surface area contributed by atoms with Crippen molar-refractivity contribution in [3.05, 3.63) is 35.4 Å². The lowest BCUT2D eigenvalue weighted by Gasteiger charge is -2.04. The van der Waals surface area contributed by atoms with Crippen LogP contribution >= 0.6 is 0 Å². The molecule has 7 heteroatoms. The Morgan fingerprint density at radius 2 is 1.56 bits per heavy atom. The Kier molecular flexibility index (Phi) is 5.79. The first-order valence-electron chi connectivity index (χ1n) is 3.98. The minimum atomic E-state index is -4.33. The molecule has 1 rings (SSSR count). The van der Waals surface area contributed by atoms with Gasteiger partial charge in [0.05, 0.1) is 5.56 Å². The maximum Gasteiger partial charge on any atom is 0.416 e. The van der Waals surface area contributed by atoms with E-state index in [9.17, 15) is 18.0 Å². The smallest absolute Gasteiger partial charge is 0.298 e. The maximum atomic E-state index is 11.9. The van der Waals surface area contributed by atoms with Crippen molar-refractivity contribution in [2.24, 2.45) is 5.84 Å². The predicted octanol–water partition coefficient (Wildman–Crippen LogP) is 1.12. The summed E-state index contributed by atoms with van der Waals surface area (Å²) in [4.78, 5) is 19.0. The van der Waals surface area contributed by atoms with Crippen LogP contribution in [0.15, 0.2) is 24.3 Å². The molecule has 0 aliphatic carbocycles. The molecule has 0 aromatic heterocycles. The molecule has 0 bridgehead atoms. The Balaban J connectivity index is 0.000000487. The molecule has 16 heavy (non-hydrogen) atoms. The predicted molar refractivity (Wildman–Crippen MR) is 50.2 cm³/mol. The lowest BCUT2D eigenvalue weighted by atomic mass is 10.1. The Morgan fingerprint density at radius 1 is 1.12 bits per heavy atom. The van der Waals surface area contributed by atoms with Crippen molar-refractivity contribution in [2.45, 2.75) is 6.18 Å². The van der Waals surface area contributed by atoms with Gasteiger partial charge in [-0.25, -0.2) is 5.84 Å². The van der Waals surface area contributed by atoms with Gasteiger partial charge in [-0.05, 0) is 12.1 Å². The number of hydrogen-bond donors (Lipinski definition) is 2. The van der Waals surface area contributed by atoms with Gasteiger partial charge in [0.15, 0.2) is 0 Å². The summed E-state index contributed by atoms with van der Waals surface area (Å²) in [7, 11) is 0. The summed E-state index contributed by atoms with van der Waals surface area (Å²) in [6.07, 6.45) is -3.43. The van der Waals surface area contributed by atoms with E-state index in [0.717, 1.165) is 24.3 Å². The van der Waals surface area contributed by atoms with E-state index >= 15 is 0 Å². The first-order valence-corrected chi connectivity index (χ1v) is 3.98. The normalized spacial score (nSPS) is 9.75. The van der Waals surface area contributed by atoms with Crippen LogP contribution in [-0.4, -0.2) is 12.7 Å². The Morgan fingerprint density at radius 3 is 1.81 bits per heavy atom. The molecule has 0 aliphatic heterocycles. The van der Waals surface area contributed by atoms with Crippen LogP contribution in [0.1, 0.15) is 15.9 Å². The van der Waals surface area contributed by atoms with Crippen molar-refractivity contribution < 1.29 is 22.8 Å². The number of carbonyl (C=O) groups is 2. The summed E-state index contributed by atoms with van der Waals surface area (Å²) in [5, 5.41) is 0. The summed E-state index contributed by atoms with van der Waals surface area (Å²) in [6.45, 7) is 0. The number of rotatable bonds is 2. The van der Waals surface area contributed by atoms with Gasteiger partial charge in [-0.3, -0.25) is 15.0 Å². The zero-order valence-corrected chi connectivity index (χ0v) is 7.99. The molecule has 0 saturated carbocycles. The minimum absolute atomic E-state index is 0.239. The largest absolute Gasteiger partial charge is 0.416 e. The fraction of sp³-hybridized carbons (Fsp3) is 0.111. The van der Waals surface area contributed by atoms with Crippen LogP contribution in [0.2, 0.25) is 0 Å². The number of amides is 1. The van der Waals surface area contributed by atoms with Gasteiger partial charge in [0.25, 0.3) is 0 Å². The topological polar surface area (TPSA) is 72.2 Å². The molecule has 0 fully saturated rings. The Hall–Kier alpha value is -1.89. The van der Waals surface area contributed by atoms with Gasteiger partial charge < -0.3 is 0 Å². The molecule has 1 amide bonds. The second-order valence-electron chi connectivity index (χ2n) is 2.52. The van der Waals surface area contributed by atoms with E-state index in [-0.39, 0.29) is 5.56 Å². The third-order valence-corrected chi connectivity index (χ3v) is 1.44. The second kappa shape index (κ2) is 6.57. The number of benzene rings is 1. The van der Waals surface area contributed by atoms with Crippen LogP contribution in [-0.2, 0) is 11.0 Å². The quantitative estimate of drug-likeness (QED) is 0.348. The van der Waals surface area contributed by atoms with Crippen molar-refractivity contribution in [2.75, 3.05) is 0 Å². The van der Waals surface area contributed by atoms with Crippen molar-refractivity contribution in [1.82, 2.24) is 5.43 Å². The molecule has 0 aliphatic rings. The van der Waals surface area contributed by atoms with Gasteiger partial charge in [0.2, 0.25) is 6.41 Å². The van der Waals surface area contributed by atoms with Crippen LogP contribution < -0.4 is 11.3 Å². The maximum absolute atomic E-state index is 11.9. The number of hydrogen-bond acceptors (Lipinski definition) is 3. The Bertz CT molecular complexity index is 336. The standard InChI is InChI=1S/C8H5F3O.CH4N2O/c9-8(10,11)7-3-1-6(5-12)2-4-7;2-3-1-4/h1-5H;1H,2H2,(H,3,4). The molecule has 4 nitrogen and oxygen atoms in total. The van der Waals surface area contributed by atoms with Gasteiger partial charge in [-0.2, -0.15) is 13.2 Å². The first kappa shape index (κ1) is 14.1. The molecule has 0 heterocycles. The average Bonchev–Trinajstić information content (AvgIpc) is 2.28. The summed E-state index contributed by atoms with van der Waals surface area (Å²) in [5.41, 5.74) is 1.25. The fourth-order valence-corrected chi connectivity index (χ4v) is 0.751. The molecular formula is C9H9F3N2O2. The monoisotopic (exact) mass is 234 g/mol. The van der Waals surface area contributed by atoms with Crippen LogP contribution in [0.25, 0.3) is 0 Å². The molecular weight excluding hydrogens is 225 g/mol. The van der Waals surface area contributed by atoms with Crippen molar-refractivity contribution in [1.29, 1.82) is 0 Å². The first-order chi connectivity index (χ1) is 7.45. The number of alkyl halides is 3. The summed E-state index contributed by atoms with van der Waals surface area (Å²) >= 11 is 0. The molecule has 0 atom stereocenters. The number of aldehydes is 1. The lowest BCUT2D eigenvalue weighted by Crippen LogP contribution is -2.18. The zero-order valence-electron chi connectivity index (χ0n) is 7.99. The highest BCUT2D eigenvalue weighted by molar-refractivity contribution is 5.74. The van der Waals surface area contributed by atoms with Gasteiger partial charge in [0.1, 0.15) is 6.29 Å². The van der Waals surface area contributed by atoms with Crippen molar-refractivity contribution in [3.63, 3.8) is 0 Å². The number of hydrazine groups is 1. The fourth-order valence-electron chi connectivity index (χ4n) is 0.751. The van der Waals surface area contributed by atoms with Gasteiger partial charge in [-0.15, -0.1) is 0 Å². The molecule has 1 aromatic rings. The summed E-state index contributed by atoms with van der Waals surface area (Å²) in [5.74, 6) is 4.41. The number of nitrogens with one attached hydrogen (secondary N) is 1. The molecule has 88 valence electrons. The number of carbonyl (C=O) groups excluding carboxylic acids is 2. The van der Waals surface area contributed by atoms with E-state index < -0.39 is 11.7 Å². The van der Waals surface area contributed by atoms with Crippen LogP contribution in [0.3, 0.4) is 0 Å². The highest BCUT2D eigenvalue weighted by Crippen LogP contribution is 2.28. The van der Waals surface area contributed by atoms with Crippen LogP contribution in [0.5, 0.6) is 0 Å². The summed E-state index contributed by atoms with van der Waals surface area (Å²) < 4.78 is 35.8. The van der Waals surface area contributed by atoms with Gasteiger partial charge in [-0.1, -0.05) is 12.1 Å². The third-order valence-electron chi connectivity index (χ3n) is 1.44. The average molecular weight is 234 g/mol.